The van der Waals surface area contributed by atoms with E-state index >= 15 is 0 Å². The monoisotopic (exact) mass is 452 g/mol. The highest BCUT2D eigenvalue weighted by Crippen LogP contribution is 2.35. The molecule has 0 aliphatic carbocycles. The third-order valence-electron chi connectivity index (χ3n) is 3.72. The minimum Gasteiger partial charge on any atom is -0.375 e. The van der Waals surface area contributed by atoms with Crippen LogP contribution in [0.1, 0.15) is 5.69 Å². The molecule has 0 bridgehead atoms. The number of carbonyl (C=O) groups excluding carboxylic acids is 1. The van der Waals surface area contributed by atoms with Gasteiger partial charge in [-0.05, 0) is 25.1 Å². The molecule has 3 rings (SSSR count). The first-order valence-corrected chi connectivity index (χ1v) is 11.0. The Morgan fingerprint density at radius 3 is 2.69 bits per heavy atom. The van der Waals surface area contributed by atoms with Crippen LogP contribution in [0.5, 0.6) is 0 Å². The number of amides is 1. The van der Waals surface area contributed by atoms with Gasteiger partial charge in [-0.15, -0.1) is 0 Å². The second kappa shape index (κ2) is 8.87. The molecule has 2 N–H and O–H groups in total. The largest absolute Gasteiger partial charge is 0.375 e. The molecule has 1 aromatic carbocycles. The van der Waals surface area contributed by atoms with Gasteiger partial charge in [0.25, 0.3) is 15.9 Å². The average Bonchev–Trinajstić information content (AvgIpc) is 3.04. The normalized spacial score (nSPS) is 11.3. The van der Waals surface area contributed by atoms with E-state index in [1.54, 1.807) is 31.2 Å². The minimum absolute atomic E-state index is 0.0176. The predicted molar refractivity (Wildman–Crippen MR) is 113 cm³/mol. The highest BCUT2D eigenvalue weighted by molar-refractivity contribution is 7.92. The fourth-order valence-corrected chi connectivity index (χ4v) is 4.70. The van der Waals surface area contributed by atoms with Crippen molar-refractivity contribution in [3.63, 3.8) is 0 Å². The van der Waals surface area contributed by atoms with Crippen LogP contribution in [0.4, 0.5) is 10.8 Å². The summed E-state index contributed by atoms with van der Waals surface area (Å²) in [5.41, 5.74) is 1.41. The number of nitrogens with one attached hydrogen (secondary N) is 2. The molecule has 3 aromatic rings. The van der Waals surface area contributed by atoms with Crippen LogP contribution in [0.3, 0.4) is 0 Å². The molecule has 0 saturated carbocycles. The SMILES string of the molecule is COCC(=O)Nc1nc(C)c(-c2cnc(Cl)c(NS(=O)(=O)c3ccccc3)c2)s1. The molecular formula is C18H17ClN4O4S2. The number of halogens is 1. The number of thiazole rings is 1. The summed E-state index contributed by atoms with van der Waals surface area (Å²) in [6.07, 6.45) is 1.52. The predicted octanol–water partition coefficient (Wildman–Crippen LogP) is 3.55. The van der Waals surface area contributed by atoms with Gasteiger partial charge in [0.15, 0.2) is 10.3 Å². The maximum absolute atomic E-state index is 12.6. The van der Waals surface area contributed by atoms with Crippen LogP contribution in [0, 0.1) is 6.92 Å². The lowest BCUT2D eigenvalue weighted by Gasteiger charge is -2.10. The van der Waals surface area contributed by atoms with E-state index in [1.807, 2.05) is 0 Å². The smallest absolute Gasteiger partial charge is 0.261 e. The van der Waals surface area contributed by atoms with E-state index in [4.69, 9.17) is 16.3 Å². The van der Waals surface area contributed by atoms with Crippen LogP contribution in [0.15, 0.2) is 47.5 Å². The van der Waals surface area contributed by atoms with E-state index in [0.717, 1.165) is 4.88 Å². The van der Waals surface area contributed by atoms with E-state index in [-0.39, 0.29) is 28.3 Å². The number of methoxy groups -OCH3 is 1. The van der Waals surface area contributed by atoms with Gasteiger partial charge in [-0.3, -0.25) is 14.8 Å². The molecule has 1 amide bonds. The van der Waals surface area contributed by atoms with Gasteiger partial charge in [0, 0.05) is 18.9 Å². The molecule has 0 fully saturated rings. The second-order valence-electron chi connectivity index (χ2n) is 5.90. The van der Waals surface area contributed by atoms with Crippen LogP contribution in [-0.2, 0) is 19.6 Å². The molecular weight excluding hydrogens is 436 g/mol. The number of sulfonamides is 1. The molecule has 0 spiro atoms. The number of pyridine rings is 1. The maximum atomic E-state index is 12.6. The topological polar surface area (TPSA) is 110 Å². The molecule has 152 valence electrons. The quantitative estimate of drug-likeness (QED) is 0.530. The van der Waals surface area contributed by atoms with Gasteiger partial charge in [-0.2, -0.15) is 0 Å². The Bertz CT molecular complexity index is 1130. The first-order valence-electron chi connectivity index (χ1n) is 8.30. The standard InChI is InChI=1S/C18H17ClN4O4S2/c1-11-16(28-18(21-11)22-15(24)10-27-2)12-8-14(17(19)20-9-12)23-29(25,26)13-6-4-3-5-7-13/h3-9,23H,10H2,1-2H3,(H,21,22,24). The number of hydrogen-bond acceptors (Lipinski definition) is 7. The number of rotatable bonds is 7. The number of carbonyl (C=O) groups is 1. The van der Waals surface area contributed by atoms with Crippen molar-refractivity contribution in [2.24, 2.45) is 0 Å². The van der Waals surface area contributed by atoms with Crippen molar-refractivity contribution in [1.29, 1.82) is 0 Å². The summed E-state index contributed by atoms with van der Waals surface area (Å²) >= 11 is 7.34. The Morgan fingerprint density at radius 1 is 1.28 bits per heavy atom. The van der Waals surface area contributed by atoms with Crippen molar-refractivity contribution < 1.29 is 17.9 Å². The van der Waals surface area contributed by atoms with E-state index in [1.165, 1.54) is 36.8 Å². The van der Waals surface area contributed by atoms with Crippen LogP contribution in [-0.4, -0.2) is 38.0 Å². The number of anilines is 2. The average molecular weight is 453 g/mol. The van der Waals surface area contributed by atoms with E-state index < -0.39 is 10.0 Å². The van der Waals surface area contributed by atoms with Gasteiger partial charge in [-0.1, -0.05) is 41.1 Å². The van der Waals surface area contributed by atoms with Crippen molar-refractivity contribution >= 4 is 49.7 Å². The zero-order valence-electron chi connectivity index (χ0n) is 15.5. The highest BCUT2D eigenvalue weighted by atomic mass is 35.5. The van der Waals surface area contributed by atoms with Crippen LogP contribution >= 0.6 is 22.9 Å². The lowest BCUT2D eigenvalue weighted by Crippen LogP contribution is -2.16. The molecule has 0 radical (unpaired) electrons. The number of hydrogen-bond donors (Lipinski definition) is 2. The summed E-state index contributed by atoms with van der Waals surface area (Å²) in [6, 6.07) is 9.53. The number of ether oxygens (including phenoxy) is 1. The highest BCUT2D eigenvalue weighted by Gasteiger charge is 2.18. The third-order valence-corrected chi connectivity index (χ3v) is 6.52. The Labute approximate surface area is 177 Å². The number of nitrogens with zero attached hydrogens (tertiary/aromatic N) is 2. The fourth-order valence-electron chi connectivity index (χ4n) is 2.45. The number of aromatic nitrogens is 2. The molecule has 0 unspecified atom stereocenters. The molecule has 29 heavy (non-hydrogen) atoms. The van der Waals surface area contributed by atoms with Crippen molar-refractivity contribution in [3.8, 4) is 10.4 Å². The van der Waals surface area contributed by atoms with Gasteiger partial charge < -0.3 is 4.74 Å². The molecule has 0 saturated heterocycles. The molecule has 0 aliphatic heterocycles. The van der Waals surface area contributed by atoms with Crippen molar-refractivity contribution in [3.05, 3.63) is 53.4 Å². The van der Waals surface area contributed by atoms with Crippen LogP contribution < -0.4 is 10.0 Å². The maximum Gasteiger partial charge on any atom is 0.261 e. The Hall–Kier alpha value is -2.53. The summed E-state index contributed by atoms with van der Waals surface area (Å²) in [7, 11) is -2.39. The summed E-state index contributed by atoms with van der Waals surface area (Å²) in [6.45, 7) is 1.70. The van der Waals surface area contributed by atoms with E-state index in [2.05, 4.69) is 20.0 Å². The molecule has 0 aliphatic rings. The lowest BCUT2D eigenvalue weighted by molar-refractivity contribution is -0.119. The second-order valence-corrected chi connectivity index (χ2v) is 8.94. The summed E-state index contributed by atoms with van der Waals surface area (Å²) in [4.78, 5) is 20.9. The number of benzene rings is 1. The number of aryl methyl sites for hydroxylation is 1. The van der Waals surface area contributed by atoms with Crippen LogP contribution in [0.25, 0.3) is 10.4 Å². The van der Waals surface area contributed by atoms with E-state index in [9.17, 15) is 13.2 Å². The van der Waals surface area contributed by atoms with E-state index in [0.29, 0.717) is 16.4 Å². The first kappa shape index (κ1) is 21.2. The Kier molecular flexibility index (Phi) is 6.48. The minimum atomic E-state index is -3.82. The zero-order chi connectivity index (χ0) is 21.0. The Balaban J connectivity index is 1.90. The molecule has 2 aromatic heterocycles. The van der Waals surface area contributed by atoms with Gasteiger partial charge in [0.05, 0.1) is 21.2 Å². The summed E-state index contributed by atoms with van der Waals surface area (Å²) in [5.74, 6) is -0.321. The van der Waals surface area contributed by atoms with Crippen molar-refractivity contribution in [2.45, 2.75) is 11.8 Å². The Morgan fingerprint density at radius 2 is 2.00 bits per heavy atom. The molecule has 11 heteroatoms. The molecule has 2 heterocycles. The third kappa shape index (κ3) is 5.10. The van der Waals surface area contributed by atoms with Gasteiger partial charge in [0.1, 0.15) is 6.61 Å². The zero-order valence-corrected chi connectivity index (χ0v) is 17.9. The van der Waals surface area contributed by atoms with Gasteiger partial charge in [-0.25, -0.2) is 18.4 Å². The lowest BCUT2D eigenvalue weighted by atomic mass is 10.2. The fraction of sp³-hybridized carbons (Fsp3) is 0.167. The summed E-state index contributed by atoms with van der Waals surface area (Å²) in [5, 5.41) is 3.07. The molecule has 0 atom stereocenters. The van der Waals surface area contributed by atoms with Crippen molar-refractivity contribution in [2.75, 3.05) is 23.8 Å². The van der Waals surface area contributed by atoms with Crippen molar-refractivity contribution in [1.82, 2.24) is 9.97 Å². The van der Waals surface area contributed by atoms with Crippen LogP contribution in [0.2, 0.25) is 5.15 Å². The van der Waals surface area contributed by atoms with Gasteiger partial charge in [0.2, 0.25) is 0 Å². The summed E-state index contributed by atoms with van der Waals surface area (Å²) < 4.78 is 32.4. The first-order chi connectivity index (χ1) is 13.8. The van der Waals surface area contributed by atoms with Gasteiger partial charge >= 0.3 is 0 Å². The molecule has 8 nitrogen and oxygen atoms in total.